The highest BCUT2D eigenvalue weighted by Crippen LogP contribution is 2.61. The largest absolute Gasteiger partial charge is 0.462 e. The van der Waals surface area contributed by atoms with Gasteiger partial charge in [0.05, 0.1) is 38.9 Å². The van der Waals surface area contributed by atoms with Crippen molar-refractivity contribution >= 4 is 21.2 Å². The SMILES string of the molecule is CCOC(=O)/C(=C\P(=O)(OCC)OCC)P(=O)(OCC)OCC. The van der Waals surface area contributed by atoms with Crippen LogP contribution in [0.25, 0.3) is 0 Å². The first-order valence-corrected chi connectivity index (χ1v) is 10.7. The van der Waals surface area contributed by atoms with Crippen molar-refractivity contribution in [3.05, 3.63) is 11.1 Å². The second kappa shape index (κ2) is 11.1. The minimum atomic E-state index is -4.00. The van der Waals surface area contributed by atoms with Crippen LogP contribution in [-0.2, 0) is 36.8 Å². The summed E-state index contributed by atoms with van der Waals surface area (Å²) >= 11 is 0. The minimum Gasteiger partial charge on any atom is -0.462 e. The summed E-state index contributed by atoms with van der Waals surface area (Å²) in [7, 11) is -7.80. The lowest BCUT2D eigenvalue weighted by Gasteiger charge is -2.21. The molecule has 136 valence electrons. The highest BCUT2D eigenvalue weighted by molar-refractivity contribution is 7.63. The molecule has 0 spiro atoms. The maximum atomic E-state index is 12.9. The van der Waals surface area contributed by atoms with Gasteiger partial charge in [0.15, 0.2) is 5.31 Å². The summed E-state index contributed by atoms with van der Waals surface area (Å²) in [4.78, 5) is 12.2. The summed E-state index contributed by atoms with van der Waals surface area (Å²) < 4.78 is 50.8. The van der Waals surface area contributed by atoms with E-state index in [-0.39, 0.29) is 33.0 Å². The van der Waals surface area contributed by atoms with Crippen LogP contribution in [0.5, 0.6) is 0 Å². The topological polar surface area (TPSA) is 97.4 Å². The van der Waals surface area contributed by atoms with Gasteiger partial charge in [0, 0.05) is 0 Å². The molecule has 0 aliphatic heterocycles. The van der Waals surface area contributed by atoms with Crippen molar-refractivity contribution in [3.8, 4) is 0 Å². The van der Waals surface area contributed by atoms with E-state index >= 15 is 0 Å². The normalized spacial score (nSPS) is 13.2. The number of rotatable bonds is 12. The second-order valence-corrected chi connectivity index (χ2v) is 7.79. The fourth-order valence-corrected chi connectivity index (χ4v) is 5.24. The van der Waals surface area contributed by atoms with Crippen LogP contribution in [0.3, 0.4) is 0 Å². The minimum absolute atomic E-state index is 0.0294. The molecule has 0 N–H and O–H groups in total. The number of carbonyl (C=O) groups is 1. The van der Waals surface area contributed by atoms with Crippen molar-refractivity contribution in [1.82, 2.24) is 0 Å². The van der Waals surface area contributed by atoms with Crippen molar-refractivity contribution in [2.24, 2.45) is 0 Å². The third-order valence-electron chi connectivity index (χ3n) is 2.28. The fourth-order valence-electron chi connectivity index (χ4n) is 1.58. The van der Waals surface area contributed by atoms with Crippen LogP contribution >= 0.6 is 15.2 Å². The Balaban J connectivity index is 6.02. The third-order valence-corrected chi connectivity index (χ3v) is 6.39. The van der Waals surface area contributed by atoms with Crippen molar-refractivity contribution in [1.29, 1.82) is 0 Å². The Morgan fingerprint density at radius 1 is 0.783 bits per heavy atom. The van der Waals surface area contributed by atoms with Gasteiger partial charge in [-0.25, -0.2) is 4.79 Å². The van der Waals surface area contributed by atoms with Crippen molar-refractivity contribution in [2.75, 3.05) is 33.0 Å². The van der Waals surface area contributed by atoms with E-state index in [0.29, 0.717) is 0 Å². The van der Waals surface area contributed by atoms with Gasteiger partial charge in [-0.2, -0.15) is 0 Å². The number of carbonyl (C=O) groups excluding carboxylic acids is 1. The first-order chi connectivity index (χ1) is 10.8. The van der Waals surface area contributed by atoms with Gasteiger partial charge in [0.1, 0.15) is 0 Å². The molecule has 0 unspecified atom stereocenters. The molecule has 0 aromatic rings. The summed E-state index contributed by atoms with van der Waals surface area (Å²) in [6.45, 7) is 8.28. The first-order valence-electron chi connectivity index (χ1n) is 7.50. The maximum absolute atomic E-state index is 12.9. The number of hydrogen-bond donors (Lipinski definition) is 0. The quantitative estimate of drug-likeness (QED) is 0.289. The predicted octanol–water partition coefficient (Wildman–Crippen LogP) is 3.92. The van der Waals surface area contributed by atoms with Crippen LogP contribution in [0.4, 0.5) is 0 Å². The van der Waals surface area contributed by atoms with Crippen LogP contribution in [0.15, 0.2) is 11.1 Å². The summed E-state index contributed by atoms with van der Waals surface area (Å²) in [6, 6.07) is 0. The zero-order chi connectivity index (χ0) is 17.9. The summed E-state index contributed by atoms with van der Waals surface area (Å²) in [5.41, 5.74) is 0. The van der Waals surface area contributed by atoms with Gasteiger partial charge in [-0.05, 0) is 34.6 Å². The Bertz CT molecular complexity index is 468. The Morgan fingerprint density at radius 3 is 1.57 bits per heavy atom. The molecule has 0 aliphatic carbocycles. The molecule has 0 aromatic carbocycles. The molecule has 0 aromatic heterocycles. The summed E-state index contributed by atoms with van der Waals surface area (Å²) in [5.74, 6) is -0.0678. The zero-order valence-corrected chi connectivity index (χ0v) is 16.1. The molecule has 0 fully saturated rings. The van der Waals surface area contributed by atoms with Gasteiger partial charge in [-0.1, -0.05) is 0 Å². The van der Waals surface area contributed by atoms with E-state index in [2.05, 4.69) is 0 Å². The highest BCUT2D eigenvalue weighted by atomic mass is 31.2. The monoisotopic (exact) mass is 372 g/mol. The zero-order valence-electron chi connectivity index (χ0n) is 14.3. The maximum Gasteiger partial charge on any atom is 0.369 e. The molecule has 0 saturated heterocycles. The predicted molar refractivity (Wildman–Crippen MR) is 86.4 cm³/mol. The summed E-state index contributed by atoms with van der Waals surface area (Å²) in [6.07, 6.45) is 0. The highest BCUT2D eigenvalue weighted by Gasteiger charge is 2.39. The van der Waals surface area contributed by atoms with E-state index in [0.717, 1.165) is 5.82 Å². The number of esters is 1. The number of hydrogen-bond acceptors (Lipinski definition) is 8. The molecule has 10 heteroatoms. The smallest absolute Gasteiger partial charge is 0.369 e. The molecular weight excluding hydrogens is 346 g/mol. The molecule has 0 saturated carbocycles. The van der Waals surface area contributed by atoms with Crippen LogP contribution in [0, 0.1) is 0 Å². The van der Waals surface area contributed by atoms with Crippen LogP contribution in [0.1, 0.15) is 34.6 Å². The van der Waals surface area contributed by atoms with Gasteiger partial charge < -0.3 is 22.8 Å². The lowest BCUT2D eigenvalue weighted by atomic mass is 10.6. The molecule has 0 heterocycles. The van der Waals surface area contributed by atoms with E-state index in [9.17, 15) is 13.9 Å². The van der Waals surface area contributed by atoms with Crippen LogP contribution in [0.2, 0.25) is 0 Å². The van der Waals surface area contributed by atoms with Crippen LogP contribution in [-0.4, -0.2) is 39.0 Å². The van der Waals surface area contributed by atoms with Gasteiger partial charge in [-0.15, -0.1) is 0 Å². The van der Waals surface area contributed by atoms with E-state index in [1.807, 2.05) is 0 Å². The molecule has 0 atom stereocenters. The molecule has 0 bridgehead atoms. The Hall–Kier alpha value is -0.490. The lowest BCUT2D eigenvalue weighted by Crippen LogP contribution is -2.12. The van der Waals surface area contributed by atoms with E-state index in [1.165, 1.54) is 0 Å². The standard InChI is InChI=1S/C13H26O8P2/c1-6-17-13(14)12(23(16,20-9-4)21-10-5)11-22(15,18-7-2)19-8-3/h11H,6-10H2,1-5H3/b12-11+. The Labute approximate surface area is 137 Å². The molecule has 0 rings (SSSR count). The third kappa shape index (κ3) is 7.29. The molecule has 0 aliphatic rings. The van der Waals surface area contributed by atoms with Gasteiger partial charge >= 0.3 is 21.2 Å². The summed E-state index contributed by atoms with van der Waals surface area (Å²) in [5, 5.41) is -0.478. The molecular formula is C13H26O8P2. The average Bonchev–Trinajstić information content (AvgIpc) is 2.46. The molecule has 23 heavy (non-hydrogen) atoms. The van der Waals surface area contributed by atoms with E-state index in [4.69, 9.17) is 22.8 Å². The average molecular weight is 372 g/mol. The van der Waals surface area contributed by atoms with E-state index < -0.39 is 26.5 Å². The van der Waals surface area contributed by atoms with Crippen molar-refractivity contribution in [2.45, 2.75) is 34.6 Å². The van der Waals surface area contributed by atoms with Crippen LogP contribution < -0.4 is 0 Å². The van der Waals surface area contributed by atoms with Gasteiger partial charge in [0.25, 0.3) is 0 Å². The Morgan fingerprint density at radius 2 is 1.22 bits per heavy atom. The Kier molecular flexibility index (Phi) is 10.9. The number of ether oxygens (including phenoxy) is 1. The van der Waals surface area contributed by atoms with Gasteiger partial charge in [0.2, 0.25) is 0 Å². The van der Waals surface area contributed by atoms with Crippen molar-refractivity contribution < 1.29 is 36.8 Å². The first kappa shape index (κ1) is 22.5. The second-order valence-electron chi connectivity index (χ2n) is 3.94. The molecule has 0 radical (unpaired) electrons. The molecule has 0 amide bonds. The molecule has 8 nitrogen and oxygen atoms in total. The van der Waals surface area contributed by atoms with Gasteiger partial charge in [-0.3, -0.25) is 9.13 Å². The fraction of sp³-hybridized carbons (Fsp3) is 0.769. The lowest BCUT2D eigenvalue weighted by molar-refractivity contribution is -0.137. The van der Waals surface area contributed by atoms with Crippen molar-refractivity contribution in [3.63, 3.8) is 0 Å². The van der Waals surface area contributed by atoms with E-state index in [1.54, 1.807) is 34.6 Å².